The lowest BCUT2D eigenvalue weighted by Gasteiger charge is -2.26. The van der Waals surface area contributed by atoms with Crippen LogP contribution < -0.4 is 14.5 Å². The molecule has 3 aromatic rings. The van der Waals surface area contributed by atoms with E-state index in [0.717, 1.165) is 17.1 Å². The van der Waals surface area contributed by atoms with E-state index in [1.807, 2.05) is 0 Å². The average molecular weight is 631 g/mol. The van der Waals surface area contributed by atoms with Crippen LogP contribution in [0.25, 0.3) is 0 Å². The first-order valence-electron chi connectivity index (χ1n) is 12.8. The summed E-state index contributed by atoms with van der Waals surface area (Å²) in [5.41, 5.74) is 0.836. The monoisotopic (exact) mass is 629 g/mol. The van der Waals surface area contributed by atoms with Crippen molar-refractivity contribution in [1.82, 2.24) is 4.31 Å². The quantitative estimate of drug-likeness (QED) is 0.224. The fourth-order valence-electron chi connectivity index (χ4n) is 3.96. The van der Waals surface area contributed by atoms with Gasteiger partial charge in [0, 0.05) is 19.0 Å². The molecule has 1 heterocycles. The Hall–Kier alpha value is -2.99. The molecule has 2 aromatic carbocycles. The zero-order valence-electron chi connectivity index (χ0n) is 22.2. The number of aromatic nitrogens is 1. The number of halogens is 4. The summed E-state index contributed by atoms with van der Waals surface area (Å²) in [5.74, 6) is -0.624. The van der Waals surface area contributed by atoms with Gasteiger partial charge in [-0.2, -0.15) is 13.1 Å². The van der Waals surface area contributed by atoms with Crippen LogP contribution in [-0.2, 0) is 26.0 Å². The molecule has 0 amide bonds. The van der Waals surface area contributed by atoms with Crippen LogP contribution in [0.4, 0.5) is 8.78 Å². The van der Waals surface area contributed by atoms with Crippen molar-refractivity contribution in [3.05, 3.63) is 82.1 Å². The van der Waals surface area contributed by atoms with Crippen LogP contribution in [-0.4, -0.2) is 45.0 Å². The topological polar surface area (TPSA) is 96.3 Å². The highest BCUT2D eigenvalue weighted by molar-refractivity contribution is 7.89. The van der Waals surface area contributed by atoms with Crippen LogP contribution in [0.1, 0.15) is 37.0 Å². The van der Waals surface area contributed by atoms with Gasteiger partial charge in [-0.15, -0.1) is 0 Å². The molecule has 0 saturated heterocycles. The van der Waals surface area contributed by atoms with E-state index in [9.17, 15) is 22.0 Å². The maximum absolute atomic E-state index is 13.4. The second kappa shape index (κ2) is 13.3. The van der Waals surface area contributed by atoms with Crippen molar-refractivity contribution in [2.45, 2.75) is 49.8 Å². The molecular formula is C28H29Cl2F2N2O6S+. The summed E-state index contributed by atoms with van der Waals surface area (Å²) in [5, 5.41) is 0.552. The molecule has 1 aromatic heterocycles. The highest BCUT2D eigenvalue weighted by Gasteiger charge is 2.33. The maximum Gasteiger partial charge on any atom is 0.387 e. The van der Waals surface area contributed by atoms with Crippen molar-refractivity contribution in [3.8, 4) is 11.5 Å². The first-order valence-corrected chi connectivity index (χ1v) is 15.0. The number of hydrogen-bond donors (Lipinski definition) is 0. The average Bonchev–Trinajstić information content (AvgIpc) is 3.78. The molecule has 4 rings (SSSR count). The van der Waals surface area contributed by atoms with Crippen molar-refractivity contribution in [3.63, 3.8) is 0 Å². The molecule has 2 atom stereocenters. The van der Waals surface area contributed by atoms with Gasteiger partial charge in [-0.1, -0.05) is 47.5 Å². The van der Waals surface area contributed by atoms with E-state index in [2.05, 4.69) is 9.72 Å². The number of nitrogens with zero attached hydrogens (tertiary/aromatic N) is 1. The van der Waals surface area contributed by atoms with Crippen LogP contribution in [0.3, 0.4) is 0 Å². The highest BCUT2D eigenvalue weighted by atomic mass is 35.5. The maximum atomic E-state index is 13.4. The van der Waals surface area contributed by atoms with Crippen LogP contribution in [0.15, 0.2) is 65.8 Å². The first kappa shape index (κ1) is 31.0. The molecule has 0 radical (unpaired) electrons. The predicted octanol–water partition coefficient (Wildman–Crippen LogP) is 5.73. The summed E-state index contributed by atoms with van der Waals surface area (Å²) in [7, 11) is -2.73. The number of rotatable bonds is 13. The number of carbonyl (C=O) groups excluding carboxylic acids is 1. The largest absolute Gasteiger partial charge is 0.489 e. The molecule has 0 aliphatic heterocycles. The molecule has 0 bridgehead atoms. The second-order valence-corrected chi connectivity index (χ2v) is 12.4. The van der Waals surface area contributed by atoms with Gasteiger partial charge in [0.25, 0.3) is 0 Å². The summed E-state index contributed by atoms with van der Waals surface area (Å²) in [6.45, 7) is -1.35. The Morgan fingerprint density at radius 3 is 2.34 bits per heavy atom. The van der Waals surface area contributed by atoms with Crippen LogP contribution in [0.2, 0.25) is 10.0 Å². The summed E-state index contributed by atoms with van der Waals surface area (Å²) >= 11 is 12.7. The minimum Gasteiger partial charge on any atom is -0.489 e. The number of esters is 1. The van der Waals surface area contributed by atoms with E-state index in [1.165, 1.54) is 56.7 Å². The van der Waals surface area contributed by atoms with E-state index < -0.39 is 34.7 Å². The molecule has 0 unspecified atom stereocenters. The van der Waals surface area contributed by atoms with Crippen molar-refractivity contribution in [2.75, 3.05) is 13.7 Å². The second-order valence-electron chi connectivity index (χ2n) is 9.61. The van der Waals surface area contributed by atoms with Gasteiger partial charge >= 0.3 is 12.6 Å². The molecule has 41 heavy (non-hydrogen) atoms. The minimum atomic E-state index is -4.01. The zero-order valence-corrected chi connectivity index (χ0v) is 24.6. The van der Waals surface area contributed by atoms with Gasteiger partial charge in [-0.05, 0) is 55.5 Å². The van der Waals surface area contributed by atoms with Crippen molar-refractivity contribution >= 4 is 39.2 Å². The van der Waals surface area contributed by atoms with Gasteiger partial charge in [0.05, 0.1) is 11.5 Å². The van der Waals surface area contributed by atoms with E-state index >= 15 is 0 Å². The number of likely N-dealkylation sites (N-methyl/N-ethyl adjacent to an activating group) is 1. The molecule has 8 nitrogen and oxygen atoms in total. The number of benzene rings is 2. The molecule has 1 aliphatic carbocycles. The third-order valence-corrected chi connectivity index (χ3v) is 9.30. The molecule has 1 fully saturated rings. The standard InChI is InChI=1S/C28H28Cl2F2N2O6S/c1-17(34(2)41(36,37)20-6-4-3-5-7-20)27(35)39-25(13-21-22(29)14-33-15-23(21)30)19-10-11-24(40-28(31)32)26(12-19)38-16-18-8-9-18/h3-7,10-12,14-15,17-18,25,28H,8-9,13,16H2,1-2H3/p+1/t17-,25+/m1/s1. The smallest absolute Gasteiger partial charge is 0.387 e. The Labute approximate surface area is 247 Å². The molecule has 220 valence electrons. The lowest BCUT2D eigenvalue weighted by Crippen LogP contribution is -2.41. The van der Waals surface area contributed by atoms with Gasteiger partial charge in [0.15, 0.2) is 23.9 Å². The molecule has 1 N–H and O–H groups in total. The number of alkyl halides is 2. The van der Waals surface area contributed by atoms with Gasteiger partial charge in [-0.3, -0.25) is 4.79 Å². The Morgan fingerprint density at radius 1 is 1.07 bits per heavy atom. The molecule has 0 spiro atoms. The Bertz CT molecular complexity index is 1460. The fourth-order valence-corrected chi connectivity index (χ4v) is 5.83. The van der Waals surface area contributed by atoms with Gasteiger partial charge in [-0.25, -0.2) is 13.4 Å². The van der Waals surface area contributed by atoms with Gasteiger partial charge in [0.1, 0.15) is 22.2 Å². The lowest BCUT2D eigenvalue weighted by atomic mass is 10.0. The first-order chi connectivity index (χ1) is 19.5. The Morgan fingerprint density at radius 2 is 1.73 bits per heavy atom. The molecular weight excluding hydrogens is 601 g/mol. The molecule has 13 heteroatoms. The van der Waals surface area contributed by atoms with Gasteiger partial charge < -0.3 is 14.2 Å². The van der Waals surface area contributed by atoms with E-state index in [-0.39, 0.29) is 32.9 Å². The van der Waals surface area contributed by atoms with Crippen molar-refractivity contribution in [1.29, 1.82) is 0 Å². The predicted molar refractivity (Wildman–Crippen MR) is 148 cm³/mol. The number of nitrogens with one attached hydrogen (secondary N) is 1. The summed E-state index contributed by atoms with van der Waals surface area (Å²) in [6, 6.07) is 10.7. The van der Waals surface area contributed by atoms with Gasteiger partial charge in [0.2, 0.25) is 10.0 Å². The minimum absolute atomic E-state index is 0.00290. The van der Waals surface area contributed by atoms with Crippen molar-refractivity contribution in [2.24, 2.45) is 5.92 Å². The van der Waals surface area contributed by atoms with Crippen molar-refractivity contribution < 1.29 is 41.2 Å². The third-order valence-electron chi connectivity index (χ3n) is 6.68. The number of carbonyl (C=O) groups is 1. The van der Waals surface area contributed by atoms with E-state index in [0.29, 0.717) is 23.7 Å². The molecule has 1 aliphatic rings. The lowest BCUT2D eigenvalue weighted by molar-refractivity contribution is -0.377. The number of ether oxygens (including phenoxy) is 3. The highest BCUT2D eigenvalue weighted by Crippen LogP contribution is 2.38. The number of hydrogen-bond acceptors (Lipinski definition) is 6. The van der Waals surface area contributed by atoms with E-state index in [4.69, 9.17) is 32.7 Å². The number of aromatic amines is 1. The summed E-state index contributed by atoms with van der Waals surface area (Å²) < 4.78 is 69.6. The molecule has 1 saturated carbocycles. The summed E-state index contributed by atoms with van der Waals surface area (Å²) in [6.07, 6.45) is 3.92. The normalized spacial score (nSPS) is 15.0. The fraction of sp³-hybridized carbons (Fsp3) is 0.357. The van der Waals surface area contributed by atoms with E-state index in [1.54, 1.807) is 18.2 Å². The zero-order chi connectivity index (χ0) is 29.7. The Balaban J connectivity index is 1.65. The third kappa shape index (κ3) is 7.85. The van der Waals surface area contributed by atoms with Crippen LogP contribution in [0, 0.1) is 5.92 Å². The SMILES string of the molecule is C[C@H](C(=O)O[C@@H](Cc1c(Cl)c[nH+]cc1Cl)c1ccc(OC(F)F)c(OCC2CC2)c1)N(C)S(=O)(=O)c1ccccc1. The number of H-pyrrole nitrogens is 1. The summed E-state index contributed by atoms with van der Waals surface area (Å²) in [4.78, 5) is 16.2. The van der Waals surface area contributed by atoms with Crippen LogP contribution >= 0.6 is 23.2 Å². The number of pyridine rings is 1. The number of sulfonamides is 1. The Kier molecular flexibility index (Phi) is 10.1. The van der Waals surface area contributed by atoms with Crippen LogP contribution in [0.5, 0.6) is 11.5 Å².